The summed E-state index contributed by atoms with van der Waals surface area (Å²) in [6.07, 6.45) is 1.52. The van der Waals surface area contributed by atoms with E-state index in [2.05, 4.69) is 15.6 Å². The number of hydrogen-bond donors (Lipinski definition) is 2. The standard InChI is InChI=1S/C17H22N4O4S/c1-4-25-13-8-17(15(23)24,16(13,2)3)18-14(22)12-10-21(20-19-12)9-11-6-5-7-26-11/h5-7,10,13H,4,8-9H2,1-3H3,(H,18,22)(H,23,24). The maximum Gasteiger partial charge on any atom is 0.330 e. The van der Waals surface area contributed by atoms with E-state index < -0.39 is 22.8 Å². The highest BCUT2D eigenvalue weighted by molar-refractivity contribution is 7.09. The highest BCUT2D eigenvalue weighted by Crippen LogP contribution is 2.51. The summed E-state index contributed by atoms with van der Waals surface area (Å²) in [5.41, 5.74) is -2.03. The normalized spacial score (nSPS) is 24.0. The Labute approximate surface area is 155 Å². The molecule has 0 bridgehead atoms. The van der Waals surface area contributed by atoms with Crippen LogP contribution in [0.4, 0.5) is 0 Å². The second kappa shape index (κ2) is 6.81. The second-order valence-electron chi connectivity index (χ2n) is 6.92. The van der Waals surface area contributed by atoms with Gasteiger partial charge in [0, 0.05) is 23.3 Å². The second-order valence-corrected chi connectivity index (χ2v) is 7.95. The smallest absolute Gasteiger partial charge is 0.330 e. The van der Waals surface area contributed by atoms with Crippen molar-refractivity contribution in [3.05, 3.63) is 34.3 Å². The van der Waals surface area contributed by atoms with Crippen molar-refractivity contribution in [2.75, 3.05) is 6.61 Å². The summed E-state index contributed by atoms with van der Waals surface area (Å²) >= 11 is 1.59. The zero-order valence-electron chi connectivity index (χ0n) is 14.9. The molecule has 9 heteroatoms. The first-order chi connectivity index (χ1) is 12.3. The number of ether oxygens (including phenoxy) is 1. The van der Waals surface area contributed by atoms with E-state index in [0.717, 1.165) is 4.88 Å². The zero-order valence-corrected chi connectivity index (χ0v) is 15.7. The number of carboxylic acid groups (broad SMARTS) is 1. The van der Waals surface area contributed by atoms with E-state index in [-0.39, 0.29) is 18.2 Å². The Kier molecular flexibility index (Phi) is 4.85. The third-order valence-electron chi connectivity index (χ3n) is 5.13. The summed E-state index contributed by atoms with van der Waals surface area (Å²) in [5, 5.41) is 22.2. The first-order valence-corrected chi connectivity index (χ1v) is 9.28. The highest BCUT2D eigenvalue weighted by atomic mass is 32.1. The monoisotopic (exact) mass is 378 g/mol. The number of amides is 1. The SMILES string of the molecule is CCOC1CC(NC(=O)c2cn(Cc3cccs3)nn2)(C(=O)O)C1(C)C. The molecule has 0 radical (unpaired) electrons. The van der Waals surface area contributed by atoms with E-state index in [0.29, 0.717) is 13.2 Å². The largest absolute Gasteiger partial charge is 0.479 e. The fourth-order valence-electron chi connectivity index (χ4n) is 3.34. The van der Waals surface area contributed by atoms with Crippen molar-refractivity contribution in [1.82, 2.24) is 20.3 Å². The Hall–Kier alpha value is -2.26. The molecule has 1 saturated carbocycles. The molecule has 26 heavy (non-hydrogen) atoms. The molecule has 1 aliphatic rings. The molecule has 2 N–H and O–H groups in total. The average molecular weight is 378 g/mol. The first-order valence-electron chi connectivity index (χ1n) is 8.40. The van der Waals surface area contributed by atoms with Gasteiger partial charge in [-0.15, -0.1) is 16.4 Å². The van der Waals surface area contributed by atoms with Gasteiger partial charge in [-0.1, -0.05) is 25.1 Å². The maximum absolute atomic E-state index is 12.6. The third kappa shape index (κ3) is 3.01. The molecule has 3 rings (SSSR count). The molecule has 0 aromatic carbocycles. The Morgan fingerprint density at radius 2 is 2.27 bits per heavy atom. The molecule has 2 aromatic rings. The number of carboxylic acids is 1. The van der Waals surface area contributed by atoms with Crippen LogP contribution in [-0.4, -0.2) is 50.2 Å². The van der Waals surface area contributed by atoms with Crippen molar-refractivity contribution in [3.8, 4) is 0 Å². The minimum atomic E-state index is -1.39. The summed E-state index contributed by atoms with van der Waals surface area (Å²) in [6.45, 7) is 6.45. The molecule has 2 aromatic heterocycles. The summed E-state index contributed by atoms with van der Waals surface area (Å²) in [5.74, 6) is -1.62. The van der Waals surface area contributed by atoms with Gasteiger partial charge >= 0.3 is 5.97 Å². The fourth-order valence-corrected chi connectivity index (χ4v) is 4.03. The molecule has 0 saturated heterocycles. The van der Waals surface area contributed by atoms with Gasteiger partial charge in [-0.25, -0.2) is 9.48 Å². The van der Waals surface area contributed by atoms with Gasteiger partial charge < -0.3 is 15.2 Å². The van der Waals surface area contributed by atoms with Gasteiger partial charge in [0.05, 0.1) is 18.8 Å². The number of carbonyl (C=O) groups excluding carboxylic acids is 1. The number of hydrogen-bond acceptors (Lipinski definition) is 6. The number of aliphatic carboxylic acids is 1. The fraction of sp³-hybridized carbons (Fsp3) is 0.529. The van der Waals surface area contributed by atoms with Crippen molar-refractivity contribution in [2.24, 2.45) is 5.41 Å². The van der Waals surface area contributed by atoms with Crippen LogP contribution in [-0.2, 0) is 16.1 Å². The van der Waals surface area contributed by atoms with Crippen LogP contribution in [0.2, 0.25) is 0 Å². The first kappa shape index (κ1) is 18.5. The molecule has 2 unspecified atom stereocenters. The molecule has 1 fully saturated rings. The summed E-state index contributed by atoms with van der Waals surface area (Å²) in [6, 6.07) is 3.91. The molecular weight excluding hydrogens is 356 g/mol. The summed E-state index contributed by atoms with van der Waals surface area (Å²) in [7, 11) is 0. The lowest BCUT2D eigenvalue weighted by atomic mass is 9.54. The molecule has 0 spiro atoms. The number of carbonyl (C=O) groups is 2. The topological polar surface area (TPSA) is 106 Å². The number of nitrogens with zero attached hydrogens (tertiary/aromatic N) is 3. The molecule has 0 aliphatic heterocycles. The molecule has 8 nitrogen and oxygen atoms in total. The zero-order chi connectivity index (χ0) is 18.9. The van der Waals surface area contributed by atoms with Gasteiger partial charge in [-0.3, -0.25) is 4.79 Å². The number of nitrogens with one attached hydrogen (secondary N) is 1. The van der Waals surface area contributed by atoms with Crippen LogP contribution in [0.5, 0.6) is 0 Å². The van der Waals surface area contributed by atoms with Crippen molar-refractivity contribution in [2.45, 2.75) is 45.4 Å². The predicted octanol–water partition coefficient (Wildman–Crippen LogP) is 1.78. The Morgan fingerprint density at radius 1 is 1.50 bits per heavy atom. The van der Waals surface area contributed by atoms with Crippen LogP contribution >= 0.6 is 11.3 Å². The van der Waals surface area contributed by atoms with Gasteiger partial charge in [0.2, 0.25) is 0 Å². The lowest BCUT2D eigenvalue weighted by Crippen LogP contribution is -2.76. The summed E-state index contributed by atoms with van der Waals surface area (Å²) in [4.78, 5) is 25.6. The molecule has 1 amide bonds. The Balaban J connectivity index is 1.74. The maximum atomic E-state index is 12.6. The predicted molar refractivity (Wildman–Crippen MR) is 95.1 cm³/mol. The van der Waals surface area contributed by atoms with E-state index in [1.54, 1.807) is 29.9 Å². The van der Waals surface area contributed by atoms with E-state index in [1.165, 1.54) is 6.20 Å². The summed E-state index contributed by atoms with van der Waals surface area (Å²) < 4.78 is 7.16. The van der Waals surface area contributed by atoms with Crippen LogP contribution in [0, 0.1) is 5.41 Å². The van der Waals surface area contributed by atoms with E-state index >= 15 is 0 Å². The molecule has 2 atom stereocenters. The van der Waals surface area contributed by atoms with E-state index in [4.69, 9.17) is 4.74 Å². The van der Waals surface area contributed by atoms with Gasteiger partial charge in [-0.05, 0) is 18.4 Å². The molecule has 140 valence electrons. The molecule has 2 heterocycles. The lowest BCUT2D eigenvalue weighted by molar-refractivity contribution is -0.190. The Morgan fingerprint density at radius 3 is 2.85 bits per heavy atom. The quantitative estimate of drug-likeness (QED) is 0.761. The molecule has 1 aliphatic carbocycles. The number of thiophene rings is 1. The third-order valence-corrected chi connectivity index (χ3v) is 5.99. The van der Waals surface area contributed by atoms with Crippen molar-refractivity contribution in [3.63, 3.8) is 0 Å². The van der Waals surface area contributed by atoms with Gasteiger partial charge in [0.1, 0.15) is 5.54 Å². The van der Waals surface area contributed by atoms with Gasteiger partial charge in [0.15, 0.2) is 5.69 Å². The average Bonchev–Trinajstić information content (AvgIpc) is 3.25. The van der Waals surface area contributed by atoms with Crippen molar-refractivity contribution >= 4 is 23.2 Å². The number of rotatable bonds is 7. The number of aromatic nitrogens is 3. The van der Waals surface area contributed by atoms with Crippen molar-refractivity contribution in [1.29, 1.82) is 0 Å². The van der Waals surface area contributed by atoms with E-state index in [9.17, 15) is 14.7 Å². The van der Waals surface area contributed by atoms with Crippen LogP contribution in [0.15, 0.2) is 23.7 Å². The van der Waals surface area contributed by atoms with Gasteiger partial charge in [0.25, 0.3) is 5.91 Å². The minimum absolute atomic E-state index is 0.0952. The minimum Gasteiger partial charge on any atom is -0.479 e. The van der Waals surface area contributed by atoms with Crippen LogP contribution in [0.1, 0.15) is 42.6 Å². The van der Waals surface area contributed by atoms with Gasteiger partial charge in [-0.2, -0.15) is 0 Å². The van der Waals surface area contributed by atoms with Crippen LogP contribution < -0.4 is 5.32 Å². The van der Waals surface area contributed by atoms with Crippen molar-refractivity contribution < 1.29 is 19.4 Å². The lowest BCUT2D eigenvalue weighted by Gasteiger charge is -2.58. The van der Waals surface area contributed by atoms with Crippen LogP contribution in [0.3, 0.4) is 0 Å². The Bertz CT molecular complexity index is 802. The van der Waals surface area contributed by atoms with E-state index in [1.807, 2.05) is 24.4 Å². The molecular formula is C17H22N4O4S. The van der Waals surface area contributed by atoms with Crippen LogP contribution in [0.25, 0.3) is 0 Å². The highest BCUT2D eigenvalue weighted by Gasteiger charge is 2.66.